The third-order valence-electron chi connectivity index (χ3n) is 5.41. The lowest BCUT2D eigenvalue weighted by Crippen LogP contribution is -2.17. The summed E-state index contributed by atoms with van der Waals surface area (Å²) in [5.74, 6) is 0.211. The Bertz CT molecular complexity index is 1330. The number of carbonyl (C=O) groups excluding carboxylic acids is 2. The van der Waals surface area contributed by atoms with Gasteiger partial charge in [0.15, 0.2) is 0 Å². The van der Waals surface area contributed by atoms with Crippen LogP contribution in [-0.4, -0.2) is 23.5 Å². The van der Waals surface area contributed by atoms with Gasteiger partial charge in [-0.05, 0) is 67.1 Å². The van der Waals surface area contributed by atoms with E-state index in [9.17, 15) is 9.59 Å². The van der Waals surface area contributed by atoms with E-state index in [1.54, 1.807) is 66.3 Å². The van der Waals surface area contributed by atoms with Gasteiger partial charge in [0.2, 0.25) is 5.91 Å². The summed E-state index contributed by atoms with van der Waals surface area (Å²) in [4.78, 5) is 26.2. The van der Waals surface area contributed by atoms with E-state index >= 15 is 0 Å². The summed E-state index contributed by atoms with van der Waals surface area (Å²) >= 11 is 5.98. The molecular formula is C25H22ClN3O3. The van der Waals surface area contributed by atoms with E-state index in [0.29, 0.717) is 38.9 Å². The molecule has 1 aromatic heterocycles. The van der Waals surface area contributed by atoms with E-state index < -0.39 is 0 Å². The number of nitrogens with one attached hydrogen (secondary N) is 1. The molecule has 0 aliphatic heterocycles. The van der Waals surface area contributed by atoms with Gasteiger partial charge in [0.05, 0.1) is 30.4 Å². The molecule has 162 valence electrons. The average Bonchev–Trinajstić information content (AvgIpc) is 3.06. The maximum atomic E-state index is 13.4. The number of carbonyl (C=O) groups is 2. The number of nitrogens with two attached hydrogens (primary N) is 1. The third-order valence-corrected chi connectivity index (χ3v) is 5.66. The highest BCUT2D eigenvalue weighted by Gasteiger charge is 2.22. The van der Waals surface area contributed by atoms with E-state index in [0.717, 1.165) is 10.9 Å². The number of hydrogen-bond acceptors (Lipinski definition) is 4. The Balaban J connectivity index is 1.77. The first-order valence-corrected chi connectivity index (χ1v) is 10.4. The molecule has 0 aliphatic carbocycles. The first kappa shape index (κ1) is 21.5. The van der Waals surface area contributed by atoms with Crippen LogP contribution < -0.4 is 15.8 Å². The van der Waals surface area contributed by atoms with Crippen molar-refractivity contribution >= 4 is 45.7 Å². The van der Waals surface area contributed by atoms with E-state index in [4.69, 9.17) is 22.1 Å². The average molecular weight is 448 g/mol. The van der Waals surface area contributed by atoms with Crippen LogP contribution in [0.2, 0.25) is 5.02 Å². The molecule has 7 heteroatoms. The first-order chi connectivity index (χ1) is 15.4. The lowest BCUT2D eigenvalue weighted by atomic mass is 10.1. The van der Waals surface area contributed by atoms with Crippen LogP contribution in [0.4, 0.5) is 11.4 Å². The topological polar surface area (TPSA) is 86.3 Å². The van der Waals surface area contributed by atoms with Gasteiger partial charge in [-0.3, -0.25) is 14.2 Å². The normalized spacial score (nSPS) is 10.8. The van der Waals surface area contributed by atoms with Crippen molar-refractivity contribution < 1.29 is 14.3 Å². The zero-order chi connectivity index (χ0) is 22.8. The number of ether oxygens (including phenoxy) is 1. The number of nitrogen functional groups attached to an aromatic ring is 1. The number of rotatable bonds is 5. The van der Waals surface area contributed by atoms with Crippen LogP contribution in [0.3, 0.4) is 0 Å². The highest BCUT2D eigenvalue weighted by Crippen LogP contribution is 2.31. The number of methoxy groups -OCH3 is 1. The van der Waals surface area contributed by atoms with Gasteiger partial charge < -0.3 is 15.8 Å². The van der Waals surface area contributed by atoms with Crippen molar-refractivity contribution in [3.05, 3.63) is 88.6 Å². The Morgan fingerprint density at radius 2 is 1.78 bits per heavy atom. The van der Waals surface area contributed by atoms with Crippen LogP contribution in [-0.2, 0) is 11.2 Å². The van der Waals surface area contributed by atoms with Gasteiger partial charge >= 0.3 is 0 Å². The molecule has 3 aromatic carbocycles. The van der Waals surface area contributed by atoms with Crippen molar-refractivity contribution in [2.75, 3.05) is 18.2 Å². The first-order valence-electron chi connectivity index (χ1n) is 10.0. The second-order valence-electron chi connectivity index (χ2n) is 7.41. The predicted molar refractivity (Wildman–Crippen MR) is 128 cm³/mol. The van der Waals surface area contributed by atoms with Gasteiger partial charge in [-0.25, -0.2) is 0 Å². The monoisotopic (exact) mass is 447 g/mol. The number of fused-ring (bicyclic) bond motifs is 1. The van der Waals surface area contributed by atoms with Gasteiger partial charge in [0, 0.05) is 21.7 Å². The second kappa shape index (κ2) is 8.77. The summed E-state index contributed by atoms with van der Waals surface area (Å²) in [6.07, 6.45) is 0.0741. The van der Waals surface area contributed by atoms with E-state index in [-0.39, 0.29) is 18.2 Å². The number of aromatic nitrogens is 1. The zero-order valence-corrected chi connectivity index (χ0v) is 18.4. The van der Waals surface area contributed by atoms with Crippen LogP contribution >= 0.6 is 11.6 Å². The second-order valence-corrected chi connectivity index (χ2v) is 7.84. The molecule has 3 N–H and O–H groups in total. The molecule has 0 atom stereocenters. The van der Waals surface area contributed by atoms with E-state index in [2.05, 4.69) is 5.32 Å². The molecule has 4 rings (SSSR count). The minimum absolute atomic E-state index is 0.0741. The van der Waals surface area contributed by atoms with E-state index in [1.807, 2.05) is 19.1 Å². The number of anilines is 2. The Labute approximate surface area is 190 Å². The highest BCUT2D eigenvalue weighted by atomic mass is 35.5. The number of halogens is 1. The van der Waals surface area contributed by atoms with Crippen molar-refractivity contribution in [2.24, 2.45) is 0 Å². The molecular weight excluding hydrogens is 426 g/mol. The van der Waals surface area contributed by atoms with Gasteiger partial charge in [-0.15, -0.1) is 0 Å². The summed E-state index contributed by atoms with van der Waals surface area (Å²) in [7, 11) is 1.58. The lowest BCUT2D eigenvalue weighted by molar-refractivity contribution is -0.115. The van der Waals surface area contributed by atoms with Crippen LogP contribution in [0.15, 0.2) is 66.7 Å². The fraction of sp³-hybridized carbons (Fsp3) is 0.120. The molecule has 0 unspecified atom stereocenters. The molecule has 0 fully saturated rings. The van der Waals surface area contributed by atoms with Crippen molar-refractivity contribution in [1.29, 1.82) is 0 Å². The Morgan fingerprint density at radius 1 is 1.06 bits per heavy atom. The number of nitrogens with zero attached hydrogens (tertiary/aromatic N) is 1. The SMILES string of the molecule is COc1ccc2c(c1)c(CC(=O)Nc1ccccc1N)c(C)n2C(=O)c1ccc(Cl)cc1. The molecule has 0 bridgehead atoms. The Hall–Kier alpha value is -3.77. The number of para-hydroxylation sites is 2. The number of hydrogen-bond donors (Lipinski definition) is 2. The Kier molecular flexibility index (Phi) is 5.88. The Morgan fingerprint density at radius 3 is 2.47 bits per heavy atom. The zero-order valence-electron chi connectivity index (χ0n) is 17.7. The molecule has 32 heavy (non-hydrogen) atoms. The minimum atomic E-state index is -0.230. The summed E-state index contributed by atoms with van der Waals surface area (Å²) in [5, 5.41) is 4.18. The highest BCUT2D eigenvalue weighted by molar-refractivity contribution is 6.30. The van der Waals surface area contributed by atoms with Gasteiger partial charge in [0.25, 0.3) is 5.91 Å². The summed E-state index contributed by atoms with van der Waals surface area (Å²) in [6.45, 7) is 1.83. The van der Waals surface area contributed by atoms with Crippen molar-refractivity contribution in [3.63, 3.8) is 0 Å². The summed E-state index contributed by atoms with van der Waals surface area (Å²) in [6, 6.07) is 19.3. The maximum Gasteiger partial charge on any atom is 0.262 e. The van der Waals surface area contributed by atoms with Crippen molar-refractivity contribution in [3.8, 4) is 5.75 Å². The molecule has 1 amide bonds. The molecule has 1 heterocycles. The fourth-order valence-corrected chi connectivity index (χ4v) is 3.89. The van der Waals surface area contributed by atoms with Gasteiger partial charge in [-0.2, -0.15) is 0 Å². The van der Waals surface area contributed by atoms with Crippen molar-refractivity contribution in [2.45, 2.75) is 13.3 Å². The largest absolute Gasteiger partial charge is 0.497 e. The summed E-state index contributed by atoms with van der Waals surface area (Å²) in [5.41, 5.74) is 9.61. The molecule has 4 aromatic rings. The molecule has 0 saturated carbocycles. The standard InChI is InChI=1S/C25H22ClN3O3/c1-15-19(14-24(30)28-22-6-4-3-5-21(22)27)20-13-18(32-2)11-12-23(20)29(15)25(31)16-7-9-17(26)10-8-16/h3-13H,14,27H2,1-2H3,(H,28,30). The predicted octanol–water partition coefficient (Wildman–Crippen LogP) is 5.06. The van der Waals surface area contributed by atoms with Crippen LogP contribution in [0.1, 0.15) is 21.6 Å². The number of benzene rings is 3. The van der Waals surface area contributed by atoms with Gasteiger partial charge in [0.1, 0.15) is 5.75 Å². The summed E-state index contributed by atoms with van der Waals surface area (Å²) < 4.78 is 7.00. The third kappa shape index (κ3) is 4.05. The quantitative estimate of drug-likeness (QED) is 0.418. The van der Waals surface area contributed by atoms with Crippen molar-refractivity contribution in [1.82, 2.24) is 4.57 Å². The molecule has 6 nitrogen and oxygen atoms in total. The fourth-order valence-electron chi connectivity index (χ4n) is 3.76. The lowest BCUT2D eigenvalue weighted by Gasteiger charge is -2.09. The van der Waals surface area contributed by atoms with Crippen LogP contribution in [0, 0.1) is 6.92 Å². The molecule has 0 radical (unpaired) electrons. The van der Waals surface area contributed by atoms with Crippen LogP contribution in [0.5, 0.6) is 5.75 Å². The maximum absolute atomic E-state index is 13.4. The molecule has 0 spiro atoms. The molecule has 0 aliphatic rings. The smallest absolute Gasteiger partial charge is 0.262 e. The minimum Gasteiger partial charge on any atom is -0.497 e. The molecule has 0 saturated heterocycles. The van der Waals surface area contributed by atoms with Gasteiger partial charge in [-0.1, -0.05) is 23.7 Å². The van der Waals surface area contributed by atoms with E-state index in [1.165, 1.54) is 0 Å². The van der Waals surface area contributed by atoms with Crippen LogP contribution in [0.25, 0.3) is 10.9 Å². The number of amides is 1.